The normalized spacial score (nSPS) is 14.7. The Morgan fingerprint density at radius 2 is 1.76 bits per heavy atom. The predicted molar refractivity (Wildman–Crippen MR) is 237 cm³/mol. The second kappa shape index (κ2) is 16.9. The lowest BCUT2D eigenvalue weighted by Gasteiger charge is -2.38. The second-order valence-corrected chi connectivity index (χ2v) is 20.6. The minimum absolute atomic E-state index is 0.0757. The molecule has 7 rings (SSSR count). The fraction of sp³-hybridized carbons (Fsp3) is 0.304. The van der Waals surface area contributed by atoms with Crippen LogP contribution in [0.4, 0.5) is 11.6 Å². The van der Waals surface area contributed by atoms with Gasteiger partial charge < -0.3 is 30.8 Å². The van der Waals surface area contributed by atoms with Gasteiger partial charge in [-0.15, -0.1) is 0 Å². The largest absolute Gasteiger partial charge is 0.478 e. The first-order valence-electron chi connectivity index (χ1n) is 20.1. The number of anilines is 2. The van der Waals surface area contributed by atoms with Crippen LogP contribution in [-0.2, 0) is 13.2 Å². The number of aromatic amines is 1. The number of hydrogen-bond acceptors (Lipinski definition) is 8. The van der Waals surface area contributed by atoms with E-state index in [0.29, 0.717) is 34.1 Å². The summed E-state index contributed by atoms with van der Waals surface area (Å²) in [5.74, 6) is -0.305. The number of aromatic nitrogens is 4. The zero-order valence-electron chi connectivity index (χ0n) is 34.9. The molecular formula is C46H53N8O4Si+. The SMILES string of the molecule is CCCC(C)CCN(C)c1ccc2c(c1)[Si](C)(C)C1=CC(=[N+](C)C)C=CC1=C2c1cc(C(=O)NCc2ccc(COc3nc(N)nc4nc[nH]c34)cc2)ccc1C(=O)O. The minimum atomic E-state index is -2.31. The van der Waals surface area contributed by atoms with Crippen LogP contribution in [0.2, 0.25) is 13.1 Å². The van der Waals surface area contributed by atoms with Crippen molar-refractivity contribution >= 4 is 59.2 Å². The molecule has 304 valence electrons. The molecule has 1 unspecified atom stereocenters. The Hall–Kier alpha value is -6.34. The molecule has 3 aromatic carbocycles. The van der Waals surface area contributed by atoms with Crippen molar-refractivity contribution in [3.8, 4) is 5.88 Å². The van der Waals surface area contributed by atoms with Gasteiger partial charge in [0.25, 0.3) is 5.91 Å². The van der Waals surface area contributed by atoms with Crippen LogP contribution in [0.15, 0.2) is 96.0 Å². The van der Waals surface area contributed by atoms with Crippen molar-refractivity contribution in [3.63, 3.8) is 0 Å². The molecule has 5 aromatic rings. The van der Waals surface area contributed by atoms with Crippen molar-refractivity contribution in [2.75, 3.05) is 38.3 Å². The number of benzene rings is 3. The highest BCUT2D eigenvalue weighted by atomic mass is 28.3. The van der Waals surface area contributed by atoms with Gasteiger partial charge in [0.2, 0.25) is 11.8 Å². The summed E-state index contributed by atoms with van der Waals surface area (Å²) >= 11 is 0. The molecule has 12 nitrogen and oxygen atoms in total. The maximum Gasteiger partial charge on any atom is 0.336 e. The summed E-state index contributed by atoms with van der Waals surface area (Å²) in [6, 6.07) is 19.2. The van der Waals surface area contributed by atoms with Crippen molar-refractivity contribution in [2.24, 2.45) is 5.92 Å². The molecule has 1 aliphatic carbocycles. The lowest BCUT2D eigenvalue weighted by Crippen LogP contribution is -2.50. The first kappa shape index (κ1) is 40.8. The molecular weight excluding hydrogens is 757 g/mol. The van der Waals surface area contributed by atoms with E-state index < -0.39 is 14.0 Å². The molecule has 59 heavy (non-hydrogen) atoms. The van der Waals surface area contributed by atoms with Crippen molar-refractivity contribution in [1.82, 2.24) is 25.3 Å². The van der Waals surface area contributed by atoms with E-state index >= 15 is 0 Å². The number of H-pyrrole nitrogens is 1. The van der Waals surface area contributed by atoms with E-state index in [9.17, 15) is 14.7 Å². The van der Waals surface area contributed by atoms with Gasteiger partial charge in [0.15, 0.2) is 11.4 Å². The lowest BCUT2D eigenvalue weighted by molar-refractivity contribution is -0.462. The van der Waals surface area contributed by atoms with E-state index in [0.717, 1.165) is 52.2 Å². The molecule has 0 saturated carbocycles. The van der Waals surface area contributed by atoms with Gasteiger partial charge in [-0.2, -0.15) is 9.97 Å². The second-order valence-electron chi connectivity index (χ2n) is 16.3. The van der Waals surface area contributed by atoms with Crippen LogP contribution in [0.25, 0.3) is 16.7 Å². The summed E-state index contributed by atoms with van der Waals surface area (Å²) in [5, 5.41) is 16.1. The number of carbonyl (C=O) groups excluding carboxylic acids is 1. The Morgan fingerprint density at radius 3 is 2.49 bits per heavy atom. The molecule has 5 N–H and O–H groups in total. The Labute approximate surface area is 346 Å². The topological polar surface area (TPSA) is 162 Å². The van der Waals surface area contributed by atoms with E-state index in [1.165, 1.54) is 29.6 Å². The van der Waals surface area contributed by atoms with Gasteiger partial charge in [-0.05, 0) is 92.5 Å². The summed E-state index contributed by atoms with van der Waals surface area (Å²) in [7, 11) is 3.92. The predicted octanol–water partition coefficient (Wildman–Crippen LogP) is 6.88. The Morgan fingerprint density at radius 1 is 1.00 bits per heavy atom. The highest BCUT2D eigenvalue weighted by Gasteiger charge is 2.41. The number of amides is 1. The zero-order valence-corrected chi connectivity index (χ0v) is 35.9. The third-order valence-corrected chi connectivity index (χ3v) is 15.0. The number of fused-ring (bicyclic) bond motifs is 3. The standard InChI is InChI=1S/C46H52N8O4Si/c1-8-9-28(2)20-21-54(5)33-16-19-36-39(24-33)59(6,7)38-23-32(53(3)4)15-18-35(38)40(36)37-22-31(14-17-34(37)45(56)57)43(55)48-25-29-10-12-30(13-11-29)26-58-44-41-42(50-27-49-41)51-46(47)52-44/h10-19,22-24,27-28H,8-9,20-21,25-26H2,1-7H3,(H4-,47,48,49,50,51,52,55,56,57)/p+1. The number of nitrogens with zero attached hydrogens (tertiary/aromatic N) is 5. The zero-order chi connectivity index (χ0) is 42.0. The van der Waals surface area contributed by atoms with E-state index in [4.69, 9.17) is 10.5 Å². The number of imidazole rings is 1. The number of rotatable bonds is 14. The van der Waals surface area contributed by atoms with Crippen molar-refractivity contribution in [3.05, 3.63) is 129 Å². The maximum atomic E-state index is 13.8. The summed E-state index contributed by atoms with van der Waals surface area (Å²) in [6.07, 6.45) is 11.5. The smallest absolute Gasteiger partial charge is 0.336 e. The molecule has 2 aromatic heterocycles. The molecule has 13 heteroatoms. The van der Waals surface area contributed by atoms with E-state index in [-0.39, 0.29) is 30.6 Å². The van der Waals surface area contributed by atoms with Crippen LogP contribution in [0.3, 0.4) is 0 Å². The number of ether oxygens (including phenoxy) is 1. The lowest BCUT2D eigenvalue weighted by atomic mass is 9.86. The summed E-state index contributed by atoms with van der Waals surface area (Å²) in [6.45, 7) is 10.8. The summed E-state index contributed by atoms with van der Waals surface area (Å²) in [4.78, 5) is 44.5. The number of carbonyl (C=O) groups is 2. The number of hydrogen-bond donors (Lipinski definition) is 4. The van der Waals surface area contributed by atoms with E-state index in [2.05, 4.69) is 105 Å². The first-order valence-corrected chi connectivity index (χ1v) is 23.1. The van der Waals surface area contributed by atoms with Crippen LogP contribution in [0.5, 0.6) is 5.88 Å². The van der Waals surface area contributed by atoms with Gasteiger partial charge in [0.1, 0.15) is 34.3 Å². The van der Waals surface area contributed by atoms with Crippen LogP contribution in [0, 0.1) is 5.92 Å². The van der Waals surface area contributed by atoms with Gasteiger partial charge >= 0.3 is 5.97 Å². The quantitative estimate of drug-likeness (QED) is 0.0692. The number of carboxylic acids is 1. The maximum absolute atomic E-state index is 13.8. The van der Waals surface area contributed by atoms with Crippen LogP contribution in [0.1, 0.15) is 76.1 Å². The monoisotopic (exact) mass is 809 g/mol. The molecule has 0 spiro atoms. The van der Waals surface area contributed by atoms with Crippen molar-refractivity contribution in [1.29, 1.82) is 0 Å². The van der Waals surface area contributed by atoms with Gasteiger partial charge in [0.05, 0.1) is 11.9 Å². The Kier molecular flexibility index (Phi) is 11.7. The number of aromatic carboxylic acids is 1. The number of allylic oxidation sites excluding steroid dienone is 5. The van der Waals surface area contributed by atoms with Gasteiger partial charge in [0, 0.05) is 43.5 Å². The highest BCUT2D eigenvalue weighted by molar-refractivity contribution is 6.98. The van der Waals surface area contributed by atoms with Crippen LogP contribution in [-0.4, -0.2) is 83.0 Å². The number of nitrogen functional groups attached to an aromatic ring is 1. The van der Waals surface area contributed by atoms with Gasteiger partial charge in [-0.25, -0.2) is 14.4 Å². The average Bonchev–Trinajstić information content (AvgIpc) is 3.70. The molecule has 0 bridgehead atoms. The number of carboxylic acid groups (broad SMARTS) is 1. The minimum Gasteiger partial charge on any atom is -0.478 e. The molecule has 0 fully saturated rings. The van der Waals surface area contributed by atoms with Gasteiger partial charge in [-0.1, -0.05) is 70.1 Å². The third kappa shape index (κ3) is 8.47. The van der Waals surface area contributed by atoms with Crippen molar-refractivity contribution in [2.45, 2.75) is 59.4 Å². The highest BCUT2D eigenvalue weighted by Crippen LogP contribution is 2.43. The molecule has 2 aliphatic rings. The third-order valence-electron chi connectivity index (χ3n) is 11.5. The van der Waals surface area contributed by atoms with Gasteiger partial charge in [-0.3, -0.25) is 4.79 Å². The molecule has 0 radical (unpaired) electrons. The average molecular weight is 810 g/mol. The molecule has 1 amide bonds. The molecule has 1 aliphatic heterocycles. The summed E-state index contributed by atoms with van der Waals surface area (Å²) in [5.41, 5.74) is 14.7. The fourth-order valence-electron chi connectivity index (χ4n) is 8.01. The first-order chi connectivity index (χ1) is 28.2. The fourth-order valence-corrected chi connectivity index (χ4v) is 11.1. The Bertz CT molecular complexity index is 2570. The van der Waals surface area contributed by atoms with Crippen LogP contribution >= 0.6 is 0 Å². The van der Waals surface area contributed by atoms with Crippen molar-refractivity contribution < 1.29 is 24.0 Å². The number of nitrogens with two attached hydrogens (primary N) is 1. The molecule has 3 heterocycles. The summed E-state index contributed by atoms with van der Waals surface area (Å²) < 4.78 is 8.03. The molecule has 0 saturated heterocycles. The Balaban J connectivity index is 1.17. The van der Waals surface area contributed by atoms with E-state index in [1.807, 2.05) is 38.4 Å². The molecule has 1 atom stereocenters. The number of nitrogens with one attached hydrogen (secondary N) is 2. The van der Waals surface area contributed by atoms with E-state index in [1.54, 1.807) is 18.2 Å². The van der Waals surface area contributed by atoms with Crippen LogP contribution < -0.4 is 25.9 Å².